The molecule has 0 spiro atoms. The zero-order valence-corrected chi connectivity index (χ0v) is 18.0. The third-order valence-electron chi connectivity index (χ3n) is 4.03. The number of ether oxygens (including phenoxy) is 1. The first-order valence-electron chi connectivity index (χ1n) is 7.92. The van der Waals surface area contributed by atoms with Crippen LogP contribution in [0.4, 0.5) is 0 Å². The molecule has 0 amide bonds. The fraction of sp³-hybridized carbons (Fsp3) is 0.471. The fourth-order valence-electron chi connectivity index (χ4n) is 2.44. The van der Waals surface area contributed by atoms with E-state index < -0.39 is 0 Å². The number of nitrogens with zero attached hydrogens (tertiary/aromatic N) is 4. The summed E-state index contributed by atoms with van der Waals surface area (Å²) < 4.78 is 7.41. The molecule has 0 fully saturated rings. The number of hydrogen-bond donors (Lipinski definition) is 2. The van der Waals surface area contributed by atoms with E-state index in [1.54, 1.807) is 14.2 Å². The van der Waals surface area contributed by atoms with Crippen LogP contribution < -0.4 is 15.4 Å². The van der Waals surface area contributed by atoms with Gasteiger partial charge in [-0.05, 0) is 26.8 Å². The number of benzene rings is 1. The van der Waals surface area contributed by atoms with E-state index in [4.69, 9.17) is 4.74 Å². The summed E-state index contributed by atoms with van der Waals surface area (Å²) in [6.45, 7) is 6.63. The minimum absolute atomic E-state index is 0. The van der Waals surface area contributed by atoms with Gasteiger partial charge in [0, 0.05) is 19.7 Å². The second-order valence-corrected chi connectivity index (χ2v) is 5.76. The highest BCUT2D eigenvalue weighted by molar-refractivity contribution is 14.0. The Labute approximate surface area is 166 Å². The van der Waals surface area contributed by atoms with Crippen molar-refractivity contribution in [1.82, 2.24) is 25.4 Å². The van der Waals surface area contributed by atoms with E-state index >= 15 is 0 Å². The van der Waals surface area contributed by atoms with Gasteiger partial charge in [0.25, 0.3) is 0 Å². The molecule has 0 aliphatic carbocycles. The van der Waals surface area contributed by atoms with Crippen LogP contribution in [0.5, 0.6) is 5.75 Å². The zero-order valence-electron chi connectivity index (χ0n) is 15.6. The first kappa shape index (κ1) is 21.2. The molecule has 2 rings (SSSR count). The van der Waals surface area contributed by atoms with E-state index in [-0.39, 0.29) is 30.0 Å². The van der Waals surface area contributed by atoms with Gasteiger partial charge in [0.05, 0.1) is 19.7 Å². The molecule has 0 saturated carbocycles. The summed E-state index contributed by atoms with van der Waals surface area (Å²) in [5, 5.41) is 14.9. The summed E-state index contributed by atoms with van der Waals surface area (Å²) in [4.78, 5) is 4.28. The van der Waals surface area contributed by atoms with Gasteiger partial charge in [-0.25, -0.2) is 0 Å². The molecule has 8 heteroatoms. The van der Waals surface area contributed by atoms with Crippen LogP contribution in [0.25, 0.3) is 0 Å². The van der Waals surface area contributed by atoms with Gasteiger partial charge in [-0.2, -0.15) is 0 Å². The van der Waals surface area contributed by atoms with Gasteiger partial charge in [-0.3, -0.25) is 4.99 Å². The first-order chi connectivity index (χ1) is 11.5. The molecule has 0 aliphatic heterocycles. The number of methoxy groups -OCH3 is 1. The predicted molar refractivity (Wildman–Crippen MR) is 111 cm³/mol. The van der Waals surface area contributed by atoms with E-state index in [1.807, 2.05) is 30.7 Å². The molecule has 1 unspecified atom stereocenters. The first-order valence-corrected chi connectivity index (χ1v) is 7.92. The lowest BCUT2D eigenvalue weighted by Crippen LogP contribution is -2.38. The minimum Gasteiger partial charge on any atom is -0.496 e. The molecular formula is C17H27IN6O. The van der Waals surface area contributed by atoms with Gasteiger partial charge >= 0.3 is 0 Å². The average Bonchev–Trinajstić information content (AvgIpc) is 2.90. The number of rotatable bonds is 5. The Kier molecular flexibility index (Phi) is 8.14. The Bertz CT molecular complexity index is 728. The van der Waals surface area contributed by atoms with E-state index in [0.717, 1.165) is 23.0 Å². The summed E-state index contributed by atoms with van der Waals surface area (Å²) in [5.41, 5.74) is 2.28. The van der Waals surface area contributed by atoms with Crippen molar-refractivity contribution in [2.45, 2.75) is 33.4 Å². The van der Waals surface area contributed by atoms with Crippen LogP contribution in [-0.4, -0.2) is 34.9 Å². The summed E-state index contributed by atoms with van der Waals surface area (Å²) in [5.74, 6) is 3.30. The molecule has 7 nitrogen and oxygen atoms in total. The van der Waals surface area contributed by atoms with Gasteiger partial charge in [0.1, 0.15) is 11.6 Å². The van der Waals surface area contributed by atoms with E-state index in [1.165, 1.54) is 5.56 Å². The Morgan fingerprint density at radius 2 is 2.04 bits per heavy atom. The molecule has 1 heterocycles. The topological polar surface area (TPSA) is 76.4 Å². The van der Waals surface area contributed by atoms with Gasteiger partial charge in [0.15, 0.2) is 11.8 Å². The van der Waals surface area contributed by atoms with Gasteiger partial charge in [0.2, 0.25) is 0 Å². The molecule has 2 N–H and O–H groups in total. The molecule has 138 valence electrons. The summed E-state index contributed by atoms with van der Waals surface area (Å²) in [6, 6.07) is 6.20. The molecular weight excluding hydrogens is 431 g/mol. The van der Waals surface area contributed by atoms with Crippen molar-refractivity contribution in [2.24, 2.45) is 12.0 Å². The maximum absolute atomic E-state index is 5.46. The molecule has 1 aromatic heterocycles. The minimum atomic E-state index is 0. The standard InChI is InChI=1S/C17H26N6O.HI/c1-11-7-8-15(24-6)14(9-11)12(2)20-17(18-4)19-10-16-22-21-13(3)23(16)5;/h7-9,12H,10H2,1-6H3,(H2,18,19,20);1H. The van der Waals surface area contributed by atoms with Gasteiger partial charge in [-0.1, -0.05) is 17.7 Å². The highest BCUT2D eigenvalue weighted by Crippen LogP contribution is 2.25. The van der Waals surface area contributed by atoms with Crippen molar-refractivity contribution in [1.29, 1.82) is 0 Å². The third-order valence-corrected chi connectivity index (χ3v) is 4.03. The second kappa shape index (κ2) is 9.59. The normalized spacial score (nSPS) is 12.3. The predicted octanol–water partition coefficient (Wildman–Crippen LogP) is 2.48. The molecule has 0 radical (unpaired) electrons. The van der Waals surface area contributed by atoms with Crippen molar-refractivity contribution in [3.8, 4) is 5.75 Å². The molecule has 2 aromatic rings. The molecule has 0 saturated heterocycles. The lowest BCUT2D eigenvalue weighted by molar-refractivity contribution is 0.405. The van der Waals surface area contributed by atoms with Crippen molar-refractivity contribution in [2.75, 3.05) is 14.2 Å². The van der Waals surface area contributed by atoms with Crippen molar-refractivity contribution in [3.05, 3.63) is 41.0 Å². The van der Waals surface area contributed by atoms with E-state index in [0.29, 0.717) is 12.5 Å². The second-order valence-electron chi connectivity index (χ2n) is 5.76. The number of halogens is 1. The molecule has 1 atom stereocenters. The summed E-state index contributed by atoms with van der Waals surface area (Å²) >= 11 is 0. The smallest absolute Gasteiger partial charge is 0.191 e. The third kappa shape index (κ3) is 5.32. The number of guanidine groups is 1. The van der Waals surface area contributed by atoms with Crippen LogP contribution in [0.1, 0.15) is 35.7 Å². The van der Waals surface area contributed by atoms with Gasteiger partial charge in [-0.15, -0.1) is 34.2 Å². The van der Waals surface area contributed by atoms with Crippen molar-refractivity contribution in [3.63, 3.8) is 0 Å². The molecule has 25 heavy (non-hydrogen) atoms. The Hall–Kier alpha value is -1.84. The largest absolute Gasteiger partial charge is 0.496 e. The van der Waals surface area contributed by atoms with Crippen LogP contribution in [-0.2, 0) is 13.6 Å². The van der Waals surface area contributed by atoms with Gasteiger partial charge < -0.3 is 19.9 Å². The van der Waals surface area contributed by atoms with Crippen molar-refractivity contribution < 1.29 is 4.74 Å². The Morgan fingerprint density at radius 3 is 2.60 bits per heavy atom. The van der Waals surface area contributed by atoms with E-state index in [9.17, 15) is 0 Å². The zero-order chi connectivity index (χ0) is 17.7. The number of hydrogen-bond acceptors (Lipinski definition) is 4. The number of aliphatic imine (C=N–C) groups is 1. The van der Waals surface area contributed by atoms with Crippen LogP contribution >= 0.6 is 24.0 Å². The highest BCUT2D eigenvalue weighted by atomic mass is 127. The molecule has 0 bridgehead atoms. The molecule has 1 aromatic carbocycles. The fourth-order valence-corrected chi connectivity index (χ4v) is 2.44. The number of nitrogens with one attached hydrogen (secondary N) is 2. The summed E-state index contributed by atoms with van der Waals surface area (Å²) in [6.07, 6.45) is 0. The lowest BCUT2D eigenvalue weighted by Gasteiger charge is -2.20. The lowest BCUT2D eigenvalue weighted by atomic mass is 10.0. The number of aryl methyl sites for hydroxylation is 2. The monoisotopic (exact) mass is 458 g/mol. The highest BCUT2D eigenvalue weighted by Gasteiger charge is 2.14. The number of aromatic nitrogens is 3. The Balaban J connectivity index is 0.00000312. The van der Waals surface area contributed by atoms with Crippen LogP contribution in [0.2, 0.25) is 0 Å². The van der Waals surface area contributed by atoms with Crippen LogP contribution in [0, 0.1) is 13.8 Å². The quantitative estimate of drug-likeness (QED) is 0.409. The van der Waals surface area contributed by atoms with E-state index in [2.05, 4.69) is 45.7 Å². The summed E-state index contributed by atoms with van der Waals surface area (Å²) in [7, 11) is 5.38. The Morgan fingerprint density at radius 1 is 1.32 bits per heavy atom. The van der Waals surface area contributed by atoms with Crippen LogP contribution in [0.3, 0.4) is 0 Å². The maximum atomic E-state index is 5.46. The average molecular weight is 458 g/mol. The van der Waals surface area contributed by atoms with Crippen molar-refractivity contribution >= 4 is 29.9 Å². The SMILES string of the molecule is CN=C(NCc1nnc(C)n1C)NC(C)c1cc(C)ccc1OC.I. The van der Waals surface area contributed by atoms with Crippen LogP contribution in [0.15, 0.2) is 23.2 Å². The molecule has 0 aliphatic rings. The maximum Gasteiger partial charge on any atom is 0.191 e.